The number of amides is 2. The van der Waals surface area contributed by atoms with Gasteiger partial charge in [0.1, 0.15) is 11.4 Å². The highest BCUT2D eigenvalue weighted by atomic mass is 32.1. The molecule has 3 aromatic rings. The molecule has 1 atom stereocenters. The van der Waals surface area contributed by atoms with Crippen LogP contribution in [0, 0.1) is 13.8 Å². The predicted octanol–water partition coefficient (Wildman–Crippen LogP) is 2.28. The van der Waals surface area contributed by atoms with Gasteiger partial charge in [0, 0.05) is 44.5 Å². The number of nitrogens with zero attached hydrogens (tertiary/aromatic N) is 5. The van der Waals surface area contributed by atoms with Crippen molar-refractivity contribution in [3.05, 3.63) is 57.0 Å². The molecule has 4 heterocycles. The number of thiophene rings is 1. The number of carbonyl (C=O) groups excluding carboxylic acids is 2. The van der Waals surface area contributed by atoms with E-state index in [0.29, 0.717) is 60.1 Å². The van der Waals surface area contributed by atoms with E-state index in [1.54, 1.807) is 11.8 Å². The fourth-order valence-electron chi connectivity index (χ4n) is 4.94. The molecule has 2 amide bonds. The second-order valence-electron chi connectivity index (χ2n) is 9.54. The van der Waals surface area contributed by atoms with Gasteiger partial charge >= 0.3 is 0 Å². The van der Waals surface area contributed by atoms with Crippen LogP contribution in [0.25, 0.3) is 10.2 Å². The lowest BCUT2D eigenvalue weighted by Crippen LogP contribution is -2.53. The molecule has 0 spiro atoms. The second kappa shape index (κ2) is 10.0. The van der Waals surface area contributed by atoms with E-state index in [9.17, 15) is 14.4 Å². The average Bonchev–Trinajstić information content (AvgIpc) is 3.23. The van der Waals surface area contributed by atoms with Gasteiger partial charge in [-0.15, -0.1) is 11.3 Å². The molecular formula is C26H31N5O4S. The largest absolute Gasteiger partial charge is 0.378 e. The number of ether oxygens (including phenoxy) is 1. The number of hydrogen-bond donors (Lipinski definition) is 0. The number of hydrogen-bond acceptors (Lipinski definition) is 7. The quantitative estimate of drug-likeness (QED) is 0.536. The zero-order chi connectivity index (χ0) is 25.4. The van der Waals surface area contributed by atoms with Crippen molar-refractivity contribution in [1.82, 2.24) is 19.4 Å². The number of anilines is 1. The van der Waals surface area contributed by atoms with Crippen LogP contribution in [0.15, 0.2) is 35.4 Å². The van der Waals surface area contributed by atoms with E-state index in [1.807, 2.05) is 4.90 Å². The number of morpholine rings is 1. The molecule has 2 saturated heterocycles. The molecule has 0 N–H and O–H groups in total. The third kappa shape index (κ3) is 4.62. The molecule has 190 valence electrons. The van der Waals surface area contributed by atoms with Crippen LogP contribution >= 0.6 is 11.3 Å². The average molecular weight is 510 g/mol. The molecule has 2 aliphatic heterocycles. The second-order valence-corrected chi connectivity index (χ2v) is 10.5. The first-order valence-corrected chi connectivity index (χ1v) is 13.1. The van der Waals surface area contributed by atoms with Crippen molar-refractivity contribution in [3.8, 4) is 0 Å². The van der Waals surface area contributed by atoms with Crippen LogP contribution in [0.3, 0.4) is 0 Å². The Labute approximate surface area is 213 Å². The van der Waals surface area contributed by atoms with Crippen molar-refractivity contribution in [2.45, 2.75) is 33.4 Å². The lowest BCUT2D eigenvalue weighted by molar-refractivity contribution is -0.135. The molecule has 0 bridgehead atoms. The van der Waals surface area contributed by atoms with Crippen molar-refractivity contribution < 1.29 is 14.3 Å². The summed E-state index contributed by atoms with van der Waals surface area (Å²) in [7, 11) is 0. The standard InChI is InChI=1S/C26H31N5O4S/c1-17-4-6-20(7-5-17)31-9-8-29(14-18(31)2)26(34)23-19(3)22-24(36-23)27-16-30(25(22)33)15-21(32)28-10-12-35-13-11-28/h4-7,16,18H,8-15H2,1-3H3. The molecule has 1 unspecified atom stereocenters. The first kappa shape index (κ1) is 24.5. The van der Waals surface area contributed by atoms with Gasteiger partial charge in [-0.25, -0.2) is 4.98 Å². The van der Waals surface area contributed by atoms with Crippen molar-refractivity contribution in [3.63, 3.8) is 0 Å². The van der Waals surface area contributed by atoms with E-state index in [-0.39, 0.29) is 30.0 Å². The maximum Gasteiger partial charge on any atom is 0.264 e. The van der Waals surface area contributed by atoms with Crippen molar-refractivity contribution in [1.29, 1.82) is 0 Å². The van der Waals surface area contributed by atoms with Crippen molar-refractivity contribution >= 4 is 39.1 Å². The smallest absolute Gasteiger partial charge is 0.264 e. The fourth-order valence-corrected chi connectivity index (χ4v) is 6.05. The lowest BCUT2D eigenvalue weighted by Gasteiger charge is -2.41. The number of fused-ring (bicyclic) bond motifs is 1. The summed E-state index contributed by atoms with van der Waals surface area (Å²) in [6, 6.07) is 8.63. The predicted molar refractivity (Wildman–Crippen MR) is 140 cm³/mol. The molecule has 0 aliphatic carbocycles. The van der Waals surface area contributed by atoms with E-state index in [2.05, 4.69) is 48.0 Å². The number of aryl methyl sites for hydroxylation is 2. The minimum atomic E-state index is -0.285. The Morgan fingerprint density at radius 3 is 2.47 bits per heavy atom. The maximum atomic E-state index is 13.5. The van der Waals surface area contributed by atoms with Gasteiger partial charge in [-0.05, 0) is 38.5 Å². The Kier molecular flexibility index (Phi) is 6.81. The number of benzene rings is 1. The summed E-state index contributed by atoms with van der Waals surface area (Å²) in [4.78, 5) is 50.8. The van der Waals surface area contributed by atoms with Gasteiger partial charge in [-0.1, -0.05) is 17.7 Å². The van der Waals surface area contributed by atoms with Gasteiger partial charge in [0.2, 0.25) is 5.91 Å². The molecule has 10 heteroatoms. The molecule has 0 radical (unpaired) electrons. The summed E-state index contributed by atoms with van der Waals surface area (Å²) < 4.78 is 6.64. The van der Waals surface area contributed by atoms with Gasteiger partial charge < -0.3 is 19.4 Å². The molecule has 9 nitrogen and oxygen atoms in total. The Morgan fingerprint density at radius 1 is 1.06 bits per heavy atom. The van der Waals surface area contributed by atoms with Gasteiger partial charge in [-0.3, -0.25) is 19.0 Å². The Hall–Kier alpha value is -3.24. The normalized spacial score (nSPS) is 18.6. The number of carbonyl (C=O) groups is 2. The Balaban J connectivity index is 1.34. The van der Waals surface area contributed by atoms with Crippen LogP contribution in [0.4, 0.5) is 5.69 Å². The lowest BCUT2D eigenvalue weighted by atomic mass is 10.1. The molecule has 2 aromatic heterocycles. The molecule has 2 fully saturated rings. The summed E-state index contributed by atoms with van der Waals surface area (Å²) in [6.45, 7) is 9.94. The first-order chi connectivity index (χ1) is 17.3. The summed E-state index contributed by atoms with van der Waals surface area (Å²) in [5.74, 6) is -0.201. The van der Waals surface area contributed by atoms with Gasteiger partial charge in [0.05, 0.1) is 29.8 Å². The van der Waals surface area contributed by atoms with E-state index < -0.39 is 0 Å². The summed E-state index contributed by atoms with van der Waals surface area (Å²) >= 11 is 1.25. The SMILES string of the molecule is Cc1ccc(N2CCN(C(=O)c3sc4ncn(CC(=O)N5CCOCC5)c(=O)c4c3C)CC2C)cc1. The van der Waals surface area contributed by atoms with Gasteiger partial charge in [-0.2, -0.15) is 0 Å². The highest BCUT2D eigenvalue weighted by Crippen LogP contribution is 2.29. The van der Waals surface area contributed by atoms with Crippen LogP contribution in [-0.2, 0) is 16.1 Å². The summed E-state index contributed by atoms with van der Waals surface area (Å²) in [5, 5.41) is 0.423. The zero-order valence-electron chi connectivity index (χ0n) is 20.9. The molecule has 2 aliphatic rings. The fraction of sp³-hybridized carbons (Fsp3) is 0.462. The third-order valence-corrected chi connectivity index (χ3v) is 8.25. The summed E-state index contributed by atoms with van der Waals surface area (Å²) in [5.41, 5.74) is 2.74. The highest BCUT2D eigenvalue weighted by molar-refractivity contribution is 7.20. The van der Waals surface area contributed by atoms with E-state index in [1.165, 1.54) is 27.8 Å². The number of piperazine rings is 1. The molecule has 36 heavy (non-hydrogen) atoms. The Bertz CT molecular complexity index is 1340. The molecule has 5 rings (SSSR count). The van der Waals surface area contributed by atoms with Crippen molar-refractivity contribution in [2.75, 3.05) is 50.8 Å². The molecular weight excluding hydrogens is 478 g/mol. The van der Waals surface area contributed by atoms with Crippen molar-refractivity contribution in [2.24, 2.45) is 0 Å². The summed E-state index contributed by atoms with van der Waals surface area (Å²) in [6.07, 6.45) is 1.41. The Morgan fingerprint density at radius 2 is 1.78 bits per heavy atom. The van der Waals surface area contributed by atoms with Crippen LogP contribution < -0.4 is 10.5 Å². The van der Waals surface area contributed by atoms with E-state index >= 15 is 0 Å². The zero-order valence-corrected chi connectivity index (χ0v) is 21.7. The number of rotatable bonds is 4. The van der Waals surface area contributed by atoms with Gasteiger partial charge in [0.15, 0.2) is 0 Å². The third-order valence-electron chi connectivity index (χ3n) is 7.06. The molecule has 0 saturated carbocycles. The van der Waals surface area contributed by atoms with Crippen LogP contribution in [0.5, 0.6) is 0 Å². The molecule has 1 aromatic carbocycles. The van der Waals surface area contributed by atoms with Gasteiger partial charge in [0.25, 0.3) is 11.5 Å². The highest BCUT2D eigenvalue weighted by Gasteiger charge is 2.30. The minimum Gasteiger partial charge on any atom is -0.378 e. The monoisotopic (exact) mass is 509 g/mol. The maximum absolute atomic E-state index is 13.5. The first-order valence-electron chi connectivity index (χ1n) is 12.3. The van der Waals surface area contributed by atoms with Crippen LogP contribution in [0.1, 0.15) is 27.7 Å². The van der Waals surface area contributed by atoms with E-state index in [4.69, 9.17) is 4.74 Å². The van der Waals surface area contributed by atoms with Crippen LogP contribution in [0.2, 0.25) is 0 Å². The number of aromatic nitrogens is 2. The minimum absolute atomic E-state index is 0.0683. The topological polar surface area (TPSA) is 88.0 Å². The van der Waals surface area contributed by atoms with Crippen LogP contribution in [-0.4, -0.2) is 83.1 Å². The van der Waals surface area contributed by atoms with E-state index in [0.717, 1.165) is 12.2 Å².